The minimum atomic E-state index is -0.295. The van der Waals surface area contributed by atoms with Crippen LogP contribution < -0.4 is 17.2 Å². The van der Waals surface area contributed by atoms with Gasteiger partial charge in [0.25, 0.3) is 0 Å². The second-order valence-corrected chi connectivity index (χ2v) is 6.88. The van der Waals surface area contributed by atoms with Gasteiger partial charge in [-0.2, -0.15) is 0 Å². The zero-order chi connectivity index (χ0) is 19.3. The predicted molar refractivity (Wildman–Crippen MR) is 104 cm³/mol. The van der Waals surface area contributed by atoms with Crippen LogP contribution in [0.5, 0.6) is 0 Å². The first-order valence-corrected chi connectivity index (χ1v) is 9.11. The van der Waals surface area contributed by atoms with Crippen LogP contribution in [-0.2, 0) is 4.74 Å². The van der Waals surface area contributed by atoms with E-state index in [-0.39, 0.29) is 16.9 Å². The third kappa shape index (κ3) is 4.85. The highest BCUT2D eigenvalue weighted by atomic mass is 35.5. The number of likely N-dealkylation sites (tertiary alicyclic amines) is 1. The standard InChI is InChI=1S/C19H27ClN4O2/c1-3-26-19(25)13-6-7-15(12(2)9-13)14-5-4-8-24(11-14)16(18(22)23)10-17(20)21/h6-7,9-10,14H,3-5,8,11,21-23H2,1-2H3/b17-10-. The summed E-state index contributed by atoms with van der Waals surface area (Å²) in [6, 6.07) is 5.72. The van der Waals surface area contributed by atoms with E-state index in [1.54, 1.807) is 13.0 Å². The first-order chi connectivity index (χ1) is 12.3. The smallest absolute Gasteiger partial charge is 0.338 e. The lowest BCUT2D eigenvalue weighted by Crippen LogP contribution is -2.36. The van der Waals surface area contributed by atoms with Gasteiger partial charge >= 0.3 is 5.97 Å². The molecular weight excluding hydrogens is 352 g/mol. The molecule has 1 aromatic carbocycles. The molecule has 1 atom stereocenters. The SMILES string of the molecule is CCOC(=O)c1ccc(C2CCCN(C(/C=C(\N)Cl)=C(N)N)C2)c(C)c1. The van der Waals surface area contributed by atoms with E-state index in [1.807, 2.05) is 25.1 Å². The molecule has 0 aromatic heterocycles. The van der Waals surface area contributed by atoms with Gasteiger partial charge in [0, 0.05) is 19.0 Å². The minimum Gasteiger partial charge on any atom is -0.462 e. The molecular formula is C19H27ClN4O2. The zero-order valence-corrected chi connectivity index (χ0v) is 16.1. The van der Waals surface area contributed by atoms with E-state index in [2.05, 4.69) is 4.90 Å². The number of nitrogens with zero attached hydrogens (tertiary/aromatic N) is 1. The second kappa shape index (κ2) is 8.85. The van der Waals surface area contributed by atoms with Crippen molar-refractivity contribution in [2.75, 3.05) is 19.7 Å². The van der Waals surface area contributed by atoms with E-state index in [0.717, 1.165) is 31.5 Å². The van der Waals surface area contributed by atoms with E-state index in [9.17, 15) is 4.79 Å². The number of esters is 1. The Morgan fingerprint density at radius 3 is 2.69 bits per heavy atom. The Bertz CT molecular complexity index is 722. The van der Waals surface area contributed by atoms with Crippen LogP contribution in [0.3, 0.4) is 0 Å². The summed E-state index contributed by atoms with van der Waals surface area (Å²) in [4.78, 5) is 14.0. The number of allylic oxidation sites excluding steroid dienone is 1. The lowest BCUT2D eigenvalue weighted by atomic mass is 9.87. The Labute approximate surface area is 159 Å². The van der Waals surface area contributed by atoms with Crippen molar-refractivity contribution >= 4 is 17.6 Å². The summed E-state index contributed by atoms with van der Waals surface area (Å²) in [7, 11) is 0. The normalized spacial score (nSPS) is 17.7. The number of halogens is 1. The van der Waals surface area contributed by atoms with Crippen molar-refractivity contribution in [3.05, 3.63) is 57.6 Å². The lowest BCUT2D eigenvalue weighted by molar-refractivity contribution is 0.0526. The number of carbonyl (C=O) groups is 1. The number of ether oxygens (including phenoxy) is 1. The summed E-state index contributed by atoms with van der Waals surface area (Å²) in [5.41, 5.74) is 20.7. The molecule has 1 fully saturated rings. The maximum absolute atomic E-state index is 11.9. The molecule has 6 nitrogen and oxygen atoms in total. The number of hydrogen-bond donors (Lipinski definition) is 3. The zero-order valence-electron chi connectivity index (χ0n) is 15.3. The number of nitrogens with two attached hydrogens (primary N) is 3. The number of hydrogen-bond acceptors (Lipinski definition) is 6. The Kier molecular flexibility index (Phi) is 6.80. The number of piperidine rings is 1. The molecule has 0 spiro atoms. The molecule has 2 rings (SSSR count). The molecule has 6 N–H and O–H groups in total. The third-order valence-electron chi connectivity index (χ3n) is 4.55. The van der Waals surface area contributed by atoms with E-state index in [4.69, 9.17) is 33.5 Å². The van der Waals surface area contributed by atoms with Gasteiger partial charge in [-0.3, -0.25) is 0 Å². The molecule has 1 saturated heterocycles. The molecule has 0 saturated carbocycles. The van der Waals surface area contributed by atoms with Gasteiger partial charge < -0.3 is 26.8 Å². The number of benzene rings is 1. The summed E-state index contributed by atoms with van der Waals surface area (Å²) in [5.74, 6) is 0.208. The number of rotatable bonds is 5. The number of aryl methyl sites for hydroxylation is 1. The van der Waals surface area contributed by atoms with Crippen LogP contribution in [0.25, 0.3) is 0 Å². The van der Waals surface area contributed by atoms with Crippen molar-refractivity contribution in [3.8, 4) is 0 Å². The average molecular weight is 379 g/mol. The Morgan fingerprint density at radius 2 is 2.12 bits per heavy atom. The van der Waals surface area contributed by atoms with Gasteiger partial charge in [-0.15, -0.1) is 0 Å². The highest BCUT2D eigenvalue weighted by Gasteiger charge is 2.25. The van der Waals surface area contributed by atoms with E-state index >= 15 is 0 Å². The maximum Gasteiger partial charge on any atom is 0.338 e. The van der Waals surface area contributed by atoms with Gasteiger partial charge in [-0.1, -0.05) is 17.7 Å². The highest BCUT2D eigenvalue weighted by molar-refractivity contribution is 6.29. The summed E-state index contributed by atoms with van der Waals surface area (Å²) >= 11 is 5.81. The fourth-order valence-corrected chi connectivity index (χ4v) is 3.52. The molecule has 0 amide bonds. The average Bonchev–Trinajstić information content (AvgIpc) is 2.59. The van der Waals surface area contributed by atoms with Gasteiger partial charge in [0.2, 0.25) is 0 Å². The van der Waals surface area contributed by atoms with Crippen molar-refractivity contribution in [2.45, 2.75) is 32.6 Å². The molecule has 0 aliphatic carbocycles. The molecule has 1 heterocycles. The van der Waals surface area contributed by atoms with Crippen molar-refractivity contribution in [2.24, 2.45) is 17.2 Å². The second-order valence-electron chi connectivity index (χ2n) is 6.45. The van der Waals surface area contributed by atoms with Gasteiger partial charge in [0.05, 0.1) is 17.9 Å². The monoisotopic (exact) mass is 378 g/mol. The number of carbonyl (C=O) groups excluding carboxylic acids is 1. The molecule has 1 unspecified atom stereocenters. The molecule has 0 bridgehead atoms. The fourth-order valence-electron chi connectivity index (χ4n) is 3.41. The van der Waals surface area contributed by atoms with Crippen LogP contribution in [0, 0.1) is 6.92 Å². The quantitative estimate of drug-likeness (QED) is 0.412. The molecule has 1 aliphatic heterocycles. The van der Waals surface area contributed by atoms with E-state index in [0.29, 0.717) is 23.8 Å². The Balaban J connectivity index is 2.23. The lowest BCUT2D eigenvalue weighted by Gasteiger charge is -2.36. The summed E-state index contributed by atoms with van der Waals surface area (Å²) in [6.07, 6.45) is 3.64. The Hall–Kier alpha value is -2.34. The van der Waals surface area contributed by atoms with Gasteiger partial charge in [-0.25, -0.2) is 4.79 Å². The largest absolute Gasteiger partial charge is 0.462 e. The first-order valence-electron chi connectivity index (χ1n) is 8.74. The Morgan fingerprint density at radius 1 is 1.38 bits per heavy atom. The molecule has 0 radical (unpaired) electrons. The van der Waals surface area contributed by atoms with Crippen molar-refractivity contribution in [3.63, 3.8) is 0 Å². The molecule has 1 aliphatic rings. The van der Waals surface area contributed by atoms with Crippen LogP contribution in [-0.4, -0.2) is 30.6 Å². The van der Waals surface area contributed by atoms with Gasteiger partial charge in [0.1, 0.15) is 11.0 Å². The van der Waals surface area contributed by atoms with Crippen LogP contribution in [0.15, 0.2) is 40.9 Å². The van der Waals surface area contributed by atoms with E-state index < -0.39 is 0 Å². The molecule has 1 aromatic rings. The third-order valence-corrected chi connectivity index (χ3v) is 4.66. The molecule has 7 heteroatoms. The minimum absolute atomic E-state index is 0.144. The van der Waals surface area contributed by atoms with E-state index in [1.165, 1.54) is 5.56 Å². The van der Waals surface area contributed by atoms with Crippen molar-refractivity contribution < 1.29 is 9.53 Å². The van der Waals surface area contributed by atoms with Crippen molar-refractivity contribution in [1.29, 1.82) is 0 Å². The first kappa shape index (κ1) is 20.0. The molecule has 26 heavy (non-hydrogen) atoms. The fraction of sp³-hybridized carbons (Fsp3) is 0.421. The molecule has 142 valence electrons. The van der Waals surface area contributed by atoms with Crippen LogP contribution in [0.1, 0.15) is 47.2 Å². The highest BCUT2D eigenvalue weighted by Crippen LogP contribution is 2.31. The topological polar surface area (TPSA) is 108 Å². The van der Waals surface area contributed by atoms with Gasteiger partial charge in [0.15, 0.2) is 0 Å². The van der Waals surface area contributed by atoms with Crippen molar-refractivity contribution in [1.82, 2.24) is 4.90 Å². The van der Waals surface area contributed by atoms with Crippen LogP contribution in [0.4, 0.5) is 0 Å². The van der Waals surface area contributed by atoms with Crippen LogP contribution >= 0.6 is 11.6 Å². The summed E-state index contributed by atoms with van der Waals surface area (Å²) < 4.78 is 5.07. The van der Waals surface area contributed by atoms with Gasteiger partial charge in [-0.05, 0) is 56.0 Å². The maximum atomic E-state index is 11.9. The summed E-state index contributed by atoms with van der Waals surface area (Å²) in [6.45, 7) is 5.77. The summed E-state index contributed by atoms with van der Waals surface area (Å²) in [5, 5.41) is 0.144. The van der Waals surface area contributed by atoms with Crippen LogP contribution in [0.2, 0.25) is 0 Å². The predicted octanol–water partition coefficient (Wildman–Crippen LogP) is 2.48.